The van der Waals surface area contributed by atoms with Crippen molar-refractivity contribution in [3.05, 3.63) is 48.7 Å². The first-order valence-corrected chi connectivity index (χ1v) is 8.12. The van der Waals surface area contributed by atoms with Crippen molar-refractivity contribution < 1.29 is 4.79 Å². The molecule has 1 amide bonds. The number of fused-ring (bicyclic) bond motifs is 1. The highest BCUT2D eigenvalue weighted by Crippen LogP contribution is 2.21. The van der Waals surface area contributed by atoms with Crippen LogP contribution in [0, 0.1) is 0 Å². The second kappa shape index (κ2) is 6.09. The van der Waals surface area contributed by atoms with Gasteiger partial charge in [0.15, 0.2) is 0 Å². The molecule has 1 aromatic carbocycles. The maximum Gasteiger partial charge on any atom is 0.245 e. The summed E-state index contributed by atoms with van der Waals surface area (Å²) in [4.78, 5) is 19.3. The number of rotatable bonds is 3. The number of carbonyl (C=O) groups excluding carboxylic acids is 1. The molecule has 0 saturated carbocycles. The Kier molecular flexibility index (Phi) is 3.78. The summed E-state index contributed by atoms with van der Waals surface area (Å²) in [6, 6.07) is 7.89. The first-order chi connectivity index (χ1) is 11.7. The number of hydrogen-bond acceptors (Lipinski definition) is 4. The van der Waals surface area contributed by atoms with Crippen LogP contribution in [0.25, 0.3) is 10.9 Å². The van der Waals surface area contributed by atoms with Gasteiger partial charge in [-0.05, 0) is 6.07 Å². The van der Waals surface area contributed by atoms with Crippen LogP contribution in [0.5, 0.6) is 0 Å². The van der Waals surface area contributed by atoms with Crippen LogP contribution in [-0.4, -0.2) is 49.8 Å². The molecule has 3 aromatic rings. The van der Waals surface area contributed by atoms with Gasteiger partial charge in [-0.1, -0.05) is 18.2 Å². The summed E-state index contributed by atoms with van der Waals surface area (Å²) < 4.78 is 3.75. The largest absolute Gasteiger partial charge is 0.336 e. The van der Waals surface area contributed by atoms with Crippen molar-refractivity contribution in [1.29, 1.82) is 0 Å². The van der Waals surface area contributed by atoms with Crippen molar-refractivity contribution >= 4 is 16.8 Å². The lowest BCUT2D eigenvalue weighted by Crippen LogP contribution is -2.50. The van der Waals surface area contributed by atoms with Crippen LogP contribution >= 0.6 is 0 Å². The van der Waals surface area contributed by atoms with Gasteiger partial charge in [0, 0.05) is 44.5 Å². The van der Waals surface area contributed by atoms with Gasteiger partial charge in [0.1, 0.15) is 18.4 Å². The van der Waals surface area contributed by atoms with Crippen molar-refractivity contribution in [3.63, 3.8) is 0 Å². The highest BCUT2D eigenvalue weighted by atomic mass is 16.2. The van der Waals surface area contributed by atoms with Gasteiger partial charge in [0.25, 0.3) is 0 Å². The lowest BCUT2D eigenvalue weighted by Gasteiger charge is -2.35. The molecule has 0 radical (unpaired) electrons. The van der Waals surface area contributed by atoms with E-state index < -0.39 is 0 Å². The second-order valence-electron chi connectivity index (χ2n) is 6.06. The summed E-state index contributed by atoms with van der Waals surface area (Å²) in [7, 11) is 1.96. The van der Waals surface area contributed by atoms with Gasteiger partial charge >= 0.3 is 0 Å². The van der Waals surface area contributed by atoms with Crippen LogP contribution < -0.4 is 5.32 Å². The van der Waals surface area contributed by atoms with Gasteiger partial charge in [-0.3, -0.25) is 9.48 Å². The fourth-order valence-corrected chi connectivity index (χ4v) is 3.30. The zero-order chi connectivity index (χ0) is 16.5. The SMILES string of the molecule is Cn1ccnc1C1CNCCN1C(=O)Cn1ncc2ccccc21. The molecule has 1 fully saturated rings. The molecule has 1 aliphatic rings. The highest BCUT2D eigenvalue weighted by Gasteiger charge is 2.30. The average molecular weight is 324 g/mol. The summed E-state index contributed by atoms with van der Waals surface area (Å²) in [6.45, 7) is 2.44. The molecule has 7 nitrogen and oxygen atoms in total. The van der Waals surface area contributed by atoms with Crippen molar-refractivity contribution in [3.8, 4) is 0 Å². The molecular formula is C17H20N6O. The standard InChI is InChI=1S/C17H20N6O/c1-21-8-7-19-17(21)15-11-18-6-9-22(15)16(24)12-23-14-5-3-2-4-13(14)10-20-23/h2-5,7-8,10,15,18H,6,9,11-12H2,1H3. The molecule has 3 heterocycles. The van der Waals surface area contributed by atoms with Crippen molar-refractivity contribution in [2.45, 2.75) is 12.6 Å². The number of imidazole rings is 1. The molecule has 1 unspecified atom stereocenters. The number of nitrogens with zero attached hydrogens (tertiary/aromatic N) is 5. The Bertz CT molecular complexity index is 867. The molecule has 1 aliphatic heterocycles. The topological polar surface area (TPSA) is 68.0 Å². The number of nitrogens with one attached hydrogen (secondary N) is 1. The number of hydrogen-bond donors (Lipinski definition) is 1. The zero-order valence-corrected chi connectivity index (χ0v) is 13.6. The third-order valence-corrected chi connectivity index (χ3v) is 4.56. The molecule has 1 N–H and O–H groups in total. The van der Waals surface area contributed by atoms with E-state index in [1.54, 1.807) is 17.1 Å². The minimum atomic E-state index is -0.0481. The average Bonchev–Trinajstić information content (AvgIpc) is 3.21. The van der Waals surface area contributed by atoms with E-state index >= 15 is 0 Å². The van der Waals surface area contributed by atoms with Crippen LogP contribution in [0.1, 0.15) is 11.9 Å². The third-order valence-electron chi connectivity index (χ3n) is 4.56. The smallest absolute Gasteiger partial charge is 0.245 e. The van der Waals surface area contributed by atoms with Gasteiger partial charge in [0.2, 0.25) is 5.91 Å². The third kappa shape index (κ3) is 2.56. The molecule has 24 heavy (non-hydrogen) atoms. The summed E-state index contributed by atoms with van der Waals surface area (Å²) in [5, 5.41) is 8.77. The second-order valence-corrected chi connectivity index (χ2v) is 6.06. The molecule has 2 aromatic heterocycles. The van der Waals surface area contributed by atoms with E-state index in [4.69, 9.17) is 0 Å². The van der Waals surface area contributed by atoms with Crippen molar-refractivity contribution in [2.75, 3.05) is 19.6 Å². The van der Waals surface area contributed by atoms with E-state index in [1.807, 2.05) is 47.0 Å². The van der Waals surface area contributed by atoms with Gasteiger partial charge in [-0.2, -0.15) is 5.10 Å². The normalized spacial score (nSPS) is 18.2. The number of aryl methyl sites for hydroxylation is 1. The zero-order valence-electron chi connectivity index (χ0n) is 13.6. The van der Waals surface area contributed by atoms with Gasteiger partial charge < -0.3 is 14.8 Å². The summed E-state index contributed by atoms with van der Waals surface area (Å²) in [5.74, 6) is 0.972. The molecule has 4 rings (SSSR count). The van der Waals surface area contributed by atoms with Gasteiger partial charge in [0.05, 0.1) is 11.7 Å². The van der Waals surface area contributed by atoms with Crippen LogP contribution in [0.3, 0.4) is 0 Å². The summed E-state index contributed by atoms with van der Waals surface area (Å²) in [6.07, 6.45) is 5.48. The lowest BCUT2D eigenvalue weighted by atomic mass is 10.1. The number of amides is 1. The van der Waals surface area contributed by atoms with Gasteiger partial charge in [-0.25, -0.2) is 4.98 Å². The van der Waals surface area contributed by atoms with Gasteiger partial charge in [-0.15, -0.1) is 0 Å². The lowest BCUT2D eigenvalue weighted by molar-refractivity contribution is -0.135. The number of carbonyl (C=O) groups is 1. The molecule has 0 bridgehead atoms. The van der Waals surface area contributed by atoms with Crippen LogP contribution in [0.4, 0.5) is 0 Å². The molecule has 1 saturated heterocycles. The predicted octanol–water partition coefficient (Wildman–Crippen LogP) is 0.943. The minimum Gasteiger partial charge on any atom is -0.336 e. The minimum absolute atomic E-state index is 0.0481. The van der Waals surface area contributed by atoms with Crippen molar-refractivity contribution in [1.82, 2.24) is 29.5 Å². The van der Waals surface area contributed by atoms with E-state index in [0.717, 1.165) is 29.8 Å². The van der Waals surface area contributed by atoms with E-state index in [9.17, 15) is 4.79 Å². The van der Waals surface area contributed by atoms with E-state index in [2.05, 4.69) is 15.4 Å². The maximum absolute atomic E-state index is 12.9. The Labute approximate surface area is 139 Å². The Morgan fingerprint density at radius 2 is 2.25 bits per heavy atom. The van der Waals surface area contributed by atoms with Crippen LogP contribution in [0.15, 0.2) is 42.9 Å². The van der Waals surface area contributed by atoms with Crippen LogP contribution in [-0.2, 0) is 18.4 Å². The molecule has 124 valence electrons. The Balaban J connectivity index is 1.59. The predicted molar refractivity (Wildman–Crippen MR) is 90.3 cm³/mol. The van der Waals surface area contributed by atoms with E-state index in [-0.39, 0.29) is 18.5 Å². The Morgan fingerprint density at radius 3 is 3.08 bits per heavy atom. The summed E-state index contributed by atoms with van der Waals surface area (Å²) in [5.41, 5.74) is 0.981. The first-order valence-electron chi connectivity index (χ1n) is 8.12. The van der Waals surface area contributed by atoms with Crippen LogP contribution in [0.2, 0.25) is 0 Å². The fraction of sp³-hybridized carbons (Fsp3) is 0.353. The first kappa shape index (κ1) is 14.9. The number of aromatic nitrogens is 4. The molecule has 1 atom stereocenters. The number of piperazine rings is 1. The summed E-state index contributed by atoms with van der Waals surface area (Å²) >= 11 is 0. The monoisotopic (exact) mass is 324 g/mol. The van der Waals surface area contributed by atoms with Crippen molar-refractivity contribution in [2.24, 2.45) is 7.05 Å². The molecule has 7 heteroatoms. The Hall–Kier alpha value is -2.67. The fourth-order valence-electron chi connectivity index (χ4n) is 3.30. The molecule has 0 spiro atoms. The highest BCUT2D eigenvalue weighted by molar-refractivity contribution is 5.82. The Morgan fingerprint density at radius 1 is 1.38 bits per heavy atom. The quantitative estimate of drug-likeness (QED) is 0.779. The maximum atomic E-state index is 12.9. The number of para-hydroxylation sites is 1. The molecular weight excluding hydrogens is 304 g/mol. The molecule has 0 aliphatic carbocycles. The number of benzene rings is 1. The van der Waals surface area contributed by atoms with E-state index in [1.165, 1.54) is 0 Å². The van der Waals surface area contributed by atoms with E-state index in [0.29, 0.717) is 6.54 Å².